The van der Waals surface area contributed by atoms with Crippen LogP contribution in [0.3, 0.4) is 0 Å². The van der Waals surface area contributed by atoms with Gasteiger partial charge < -0.3 is 15.1 Å². The third kappa shape index (κ3) is 6.85. The van der Waals surface area contributed by atoms with Gasteiger partial charge in [-0.05, 0) is 25.9 Å². The summed E-state index contributed by atoms with van der Waals surface area (Å²) in [6.07, 6.45) is 3.05. The molecule has 7 nitrogen and oxygen atoms in total. The highest BCUT2D eigenvalue weighted by atomic mass is 35.5. The lowest BCUT2D eigenvalue weighted by atomic mass is 10.2. The second-order valence-electron chi connectivity index (χ2n) is 7.09. The van der Waals surface area contributed by atoms with Gasteiger partial charge in [-0.1, -0.05) is 0 Å². The number of carbonyl (C=O) groups is 2. The molecule has 26 heavy (non-hydrogen) atoms. The zero-order valence-corrected chi connectivity index (χ0v) is 17.2. The quantitative estimate of drug-likeness (QED) is 0.686. The number of hydrogen-bond acceptors (Lipinski definition) is 5. The van der Waals surface area contributed by atoms with Crippen molar-refractivity contribution in [2.75, 3.05) is 78.5 Å². The number of nitrogens with zero attached hydrogens (tertiary/aromatic N) is 4. The van der Waals surface area contributed by atoms with E-state index in [1.807, 2.05) is 9.80 Å². The van der Waals surface area contributed by atoms with Crippen LogP contribution in [0.25, 0.3) is 0 Å². The molecule has 3 fully saturated rings. The third-order valence-corrected chi connectivity index (χ3v) is 5.39. The van der Waals surface area contributed by atoms with Crippen molar-refractivity contribution in [3.63, 3.8) is 0 Å². The van der Waals surface area contributed by atoms with E-state index in [4.69, 9.17) is 0 Å². The van der Waals surface area contributed by atoms with Gasteiger partial charge in [0.25, 0.3) is 0 Å². The molecule has 3 saturated heterocycles. The van der Waals surface area contributed by atoms with Crippen LogP contribution in [-0.2, 0) is 9.59 Å². The Hall–Kier alpha value is -0.600. The predicted octanol–water partition coefficient (Wildman–Crippen LogP) is -0.108. The predicted molar refractivity (Wildman–Crippen MR) is 107 cm³/mol. The highest BCUT2D eigenvalue weighted by Gasteiger charge is 2.24. The van der Waals surface area contributed by atoms with E-state index in [-0.39, 0.29) is 36.6 Å². The molecule has 0 atom stereocenters. The summed E-state index contributed by atoms with van der Waals surface area (Å²) < 4.78 is 0. The molecule has 0 unspecified atom stereocenters. The number of halogens is 2. The fraction of sp³-hybridized carbons (Fsp3) is 0.882. The van der Waals surface area contributed by atoms with Crippen LogP contribution in [0, 0.1) is 0 Å². The van der Waals surface area contributed by atoms with Gasteiger partial charge in [0.2, 0.25) is 11.8 Å². The van der Waals surface area contributed by atoms with Crippen LogP contribution in [-0.4, -0.2) is 110 Å². The molecule has 0 aliphatic carbocycles. The number of nitrogens with one attached hydrogen (secondary N) is 1. The molecule has 0 aromatic heterocycles. The van der Waals surface area contributed by atoms with Crippen molar-refractivity contribution in [1.29, 1.82) is 0 Å². The summed E-state index contributed by atoms with van der Waals surface area (Å²) in [4.78, 5) is 33.1. The Labute approximate surface area is 169 Å². The molecule has 0 aromatic carbocycles. The summed E-state index contributed by atoms with van der Waals surface area (Å²) in [5.74, 6) is 0.539. The first-order valence-corrected chi connectivity index (χ1v) is 9.43. The van der Waals surface area contributed by atoms with Gasteiger partial charge in [0.15, 0.2) is 0 Å². The summed E-state index contributed by atoms with van der Waals surface area (Å²) in [6.45, 7) is 10.4. The van der Waals surface area contributed by atoms with Gasteiger partial charge in [-0.3, -0.25) is 19.4 Å². The number of carbonyl (C=O) groups excluding carboxylic acids is 2. The second-order valence-corrected chi connectivity index (χ2v) is 7.09. The number of amides is 2. The Balaban J connectivity index is 0.00000169. The SMILES string of the molecule is Cl.Cl.O=C(CCN1CCN(C(=O)CN2CCCC2)CC1)N1CCNCC1. The number of rotatable bonds is 5. The topological polar surface area (TPSA) is 59.1 Å². The van der Waals surface area contributed by atoms with Crippen molar-refractivity contribution in [3.05, 3.63) is 0 Å². The van der Waals surface area contributed by atoms with Gasteiger partial charge in [-0.15, -0.1) is 24.8 Å². The molecule has 0 saturated carbocycles. The lowest BCUT2D eigenvalue weighted by Crippen LogP contribution is -2.52. The van der Waals surface area contributed by atoms with Crippen LogP contribution in [0.5, 0.6) is 0 Å². The van der Waals surface area contributed by atoms with E-state index >= 15 is 0 Å². The van der Waals surface area contributed by atoms with Crippen molar-refractivity contribution in [2.24, 2.45) is 0 Å². The number of hydrogen-bond donors (Lipinski definition) is 1. The van der Waals surface area contributed by atoms with E-state index in [1.165, 1.54) is 12.8 Å². The normalized spacial score (nSPS) is 21.8. The van der Waals surface area contributed by atoms with Crippen molar-refractivity contribution in [2.45, 2.75) is 19.3 Å². The second kappa shape index (κ2) is 12.0. The van der Waals surface area contributed by atoms with Crippen molar-refractivity contribution < 1.29 is 9.59 Å². The maximum atomic E-state index is 12.3. The highest BCUT2D eigenvalue weighted by molar-refractivity contribution is 5.85. The molecule has 0 radical (unpaired) electrons. The molecule has 152 valence electrons. The van der Waals surface area contributed by atoms with Crippen molar-refractivity contribution in [3.8, 4) is 0 Å². The van der Waals surface area contributed by atoms with Gasteiger partial charge in [0.05, 0.1) is 6.54 Å². The van der Waals surface area contributed by atoms with E-state index in [9.17, 15) is 9.59 Å². The first-order chi connectivity index (χ1) is 11.7. The van der Waals surface area contributed by atoms with E-state index in [2.05, 4.69) is 15.1 Å². The summed E-state index contributed by atoms with van der Waals surface area (Å²) in [7, 11) is 0. The monoisotopic (exact) mass is 409 g/mol. The van der Waals surface area contributed by atoms with Crippen LogP contribution >= 0.6 is 24.8 Å². The molecule has 0 spiro atoms. The standard InChI is InChI=1S/C17H31N5O2.2ClH/c23-16(21-9-4-18-5-10-21)3-8-19-11-13-22(14-12-19)17(24)15-20-6-1-2-7-20;;/h18H,1-15H2;2*1H. The van der Waals surface area contributed by atoms with E-state index in [1.54, 1.807) is 0 Å². The van der Waals surface area contributed by atoms with Crippen LogP contribution in [0.1, 0.15) is 19.3 Å². The van der Waals surface area contributed by atoms with Crippen LogP contribution in [0.4, 0.5) is 0 Å². The minimum absolute atomic E-state index is 0. The molecule has 3 aliphatic heterocycles. The Bertz CT molecular complexity index is 435. The fourth-order valence-corrected chi connectivity index (χ4v) is 3.78. The van der Waals surface area contributed by atoms with Gasteiger partial charge in [-0.25, -0.2) is 0 Å². The molecular formula is C17H33Cl2N5O2. The summed E-state index contributed by atoms with van der Waals surface area (Å²) >= 11 is 0. The smallest absolute Gasteiger partial charge is 0.236 e. The molecule has 3 rings (SSSR count). The largest absolute Gasteiger partial charge is 0.340 e. The minimum atomic E-state index is 0. The molecule has 3 heterocycles. The van der Waals surface area contributed by atoms with Gasteiger partial charge in [0, 0.05) is 65.3 Å². The zero-order valence-electron chi connectivity index (χ0n) is 15.5. The van der Waals surface area contributed by atoms with Crippen molar-refractivity contribution in [1.82, 2.24) is 24.9 Å². The molecular weight excluding hydrogens is 377 g/mol. The Morgan fingerprint density at radius 3 is 1.88 bits per heavy atom. The molecule has 2 amide bonds. The fourth-order valence-electron chi connectivity index (χ4n) is 3.78. The summed E-state index contributed by atoms with van der Waals surface area (Å²) in [6, 6.07) is 0. The molecule has 3 aliphatic rings. The van der Waals surface area contributed by atoms with Crippen molar-refractivity contribution >= 4 is 36.6 Å². The summed E-state index contributed by atoms with van der Waals surface area (Å²) in [5.41, 5.74) is 0. The minimum Gasteiger partial charge on any atom is -0.340 e. The van der Waals surface area contributed by atoms with E-state index in [0.717, 1.165) is 72.0 Å². The van der Waals surface area contributed by atoms with E-state index < -0.39 is 0 Å². The summed E-state index contributed by atoms with van der Waals surface area (Å²) in [5, 5.41) is 3.27. The maximum absolute atomic E-state index is 12.3. The van der Waals surface area contributed by atoms with Crippen LogP contribution in [0.2, 0.25) is 0 Å². The first kappa shape index (κ1) is 23.4. The van der Waals surface area contributed by atoms with E-state index in [0.29, 0.717) is 13.0 Å². The van der Waals surface area contributed by atoms with Crippen LogP contribution < -0.4 is 5.32 Å². The molecule has 1 N–H and O–H groups in total. The molecule has 0 bridgehead atoms. The lowest BCUT2D eigenvalue weighted by molar-refractivity contribution is -0.135. The average Bonchev–Trinajstić information content (AvgIpc) is 3.14. The number of likely N-dealkylation sites (tertiary alicyclic amines) is 1. The Morgan fingerprint density at radius 1 is 0.692 bits per heavy atom. The van der Waals surface area contributed by atoms with Gasteiger partial charge >= 0.3 is 0 Å². The van der Waals surface area contributed by atoms with Gasteiger partial charge in [0.1, 0.15) is 0 Å². The first-order valence-electron chi connectivity index (χ1n) is 9.43. The Kier molecular flexibility index (Phi) is 10.8. The van der Waals surface area contributed by atoms with Gasteiger partial charge in [-0.2, -0.15) is 0 Å². The average molecular weight is 410 g/mol. The third-order valence-electron chi connectivity index (χ3n) is 5.39. The Morgan fingerprint density at radius 2 is 1.27 bits per heavy atom. The lowest BCUT2D eigenvalue weighted by Gasteiger charge is -2.36. The number of piperazine rings is 2. The maximum Gasteiger partial charge on any atom is 0.236 e. The zero-order chi connectivity index (χ0) is 16.8. The highest BCUT2D eigenvalue weighted by Crippen LogP contribution is 2.09. The van der Waals surface area contributed by atoms with Crippen LogP contribution in [0.15, 0.2) is 0 Å². The molecule has 9 heteroatoms. The molecule has 0 aromatic rings.